The molecule has 0 radical (unpaired) electrons. The maximum Gasteiger partial charge on any atom is 0.416 e. The Bertz CT molecular complexity index is 1080. The second kappa shape index (κ2) is 10.3. The molecule has 1 unspecified atom stereocenters. The van der Waals surface area contributed by atoms with Crippen molar-refractivity contribution in [2.24, 2.45) is 5.92 Å². The molecule has 2 aromatic carbocycles. The molecule has 1 N–H and O–H groups in total. The number of halogens is 4. The Labute approximate surface area is 197 Å². The molecule has 0 aliphatic carbocycles. The summed E-state index contributed by atoms with van der Waals surface area (Å²) in [4.78, 5) is 14.8. The number of nitrogens with zero attached hydrogens (tertiary/aromatic N) is 2. The molecule has 4 nitrogen and oxygen atoms in total. The number of amides is 2. The highest BCUT2D eigenvalue weighted by Gasteiger charge is 2.30. The first-order chi connectivity index (χ1) is 15.5. The molecule has 0 saturated carbocycles. The Hall–Kier alpha value is -2.93. The minimum absolute atomic E-state index is 0.103. The lowest BCUT2D eigenvalue weighted by atomic mass is 10.0. The van der Waals surface area contributed by atoms with Crippen LogP contribution in [0.3, 0.4) is 0 Å². The van der Waals surface area contributed by atoms with Gasteiger partial charge in [-0.3, -0.25) is 0 Å². The number of urea groups is 1. The van der Waals surface area contributed by atoms with Crippen LogP contribution in [0.1, 0.15) is 37.6 Å². The smallest absolute Gasteiger partial charge is 0.345 e. The Morgan fingerprint density at radius 2 is 1.76 bits per heavy atom. The normalized spacial score (nSPS) is 12.6. The molecule has 3 aromatic rings. The van der Waals surface area contributed by atoms with Crippen LogP contribution in [0.25, 0.3) is 0 Å². The molecule has 1 aromatic heterocycles. The van der Waals surface area contributed by atoms with Crippen molar-refractivity contribution < 1.29 is 18.0 Å². The monoisotopic (exact) mass is 477 g/mol. The first-order valence-corrected chi connectivity index (χ1v) is 11.1. The van der Waals surface area contributed by atoms with Gasteiger partial charge in [0.15, 0.2) is 0 Å². The first kappa shape index (κ1) is 24.7. The third kappa shape index (κ3) is 6.54. The summed E-state index contributed by atoms with van der Waals surface area (Å²) in [5.74, 6) is 0.180. The van der Waals surface area contributed by atoms with Crippen molar-refractivity contribution in [1.82, 2.24) is 9.47 Å². The molecule has 2 amide bonds. The second-order valence-corrected chi connectivity index (χ2v) is 8.81. The van der Waals surface area contributed by atoms with E-state index >= 15 is 0 Å². The van der Waals surface area contributed by atoms with Crippen molar-refractivity contribution in [2.75, 3.05) is 5.32 Å². The molecule has 0 bridgehead atoms. The lowest BCUT2D eigenvalue weighted by Gasteiger charge is -2.32. The summed E-state index contributed by atoms with van der Waals surface area (Å²) in [6, 6.07) is 15.5. The number of hydrogen-bond donors (Lipinski definition) is 1. The zero-order valence-corrected chi connectivity index (χ0v) is 19.5. The fraction of sp³-hybridized carbons (Fsp3) is 0.320. The van der Waals surface area contributed by atoms with E-state index in [9.17, 15) is 18.0 Å². The van der Waals surface area contributed by atoms with Gasteiger partial charge in [0.25, 0.3) is 0 Å². The maximum atomic E-state index is 13.1. The van der Waals surface area contributed by atoms with Gasteiger partial charge in [0.05, 0.1) is 12.1 Å². The summed E-state index contributed by atoms with van der Waals surface area (Å²) in [6.45, 7) is 6.95. The van der Waals surface area contributed by atoms with Gasteiger partial charge in [-0.05, 0) is 66.9 Å². The summed E-state index contributed by atoms with van der Waals surface area (Å²) < 4.78 is 40.5. The highest BCUT2D eigenvalue weighted by atomic mass is 35.5. The van der Waals surface area contributed by atoms with Crippen LogP contribution in [0.5, 0.6) is 0 Å². The summed E-state index contributed by atoms with van der Waals surface area (Å²) in [5, 5.41) is 3.40. The van der Waals surface area contributed by atoms with E-state index in [4.69, 9.17) is 11.6 Å². The first-order valence-electron chi connectivity index (χ1n) is 10.7. The average Bonchev–Trinajstić information content (AvgIpc) is 3.17. The highest BCUT2D eigenvalue weighted by molar-refractivity contribution is 6.30. The summed E-state index contributed by atoms with van der Waals surface area (Å²) in [6.07, 6.45) is -2.47. The van der Waals surface area contributed by atoms with Gasteiger partial charge in [-0.25, -0.2) is 4.79 Å². The van der Waals surface area contributed by atoms with Crippen molar-refractivity contribution in [3.05, 3.63) is 88.7 Å². The average molecular weight is 478 g/mol. The minimum Gasteiger partial charge on any atom is -0.345 e. The van der Waals surface area contributed by atoms with Crippen molar-refractivity contribution >= 4 is 23.3 Å². The number of carbonyl (C=O) groups excluding carboxylic acids is 1. The molecular formula is C25H27ClF3N3O. The molecule has 1 atom stereocenters. The van der Waals surface area contributed by atoms with E-state index in [2.05, 4.69) is 9.88 Å². The number of alkyl halides is 3. The van der Waals surface area contributed by atoms with Gasteiger partial charge in [0, 0.05) is 35.2 Å². The van der Waals surface area contributed by atoms with Gasteiger partial charge >= 0.3 is 12.2 Å². The fourth-order valence-electron chi connectivity index (χ4n) is 3.45. The van der Waals surface area contributed by atoms with Gasteiger partial charge < -0.3 is 14.8 Å². The van der Waals surface area contributed by atoms with E-state index in [1.54, 1.807) is 4.90 Å². The quantitative estimate of drug-likeness (QED) is 0.381. The van der Waals surface area contributed by atoms with Crippen molar-refractivity contribution in [1.29, 1.82) is 0 Å². The number of nitrogens with one attached hydrogen (secondary N) is 1. The van der Waals surface area contributed by atoms with Crippen molar-refractivity contribution in [3.63, 3.8) is 0 Å². The maximum absolute atomic E-state index is 13.1. The highest BCUT2D eigenvalue weighted by Crippen LogP contribution is 2.30. The molecule has 0 fully saturated rings. The Morgan fingerprint density at radius 1 is 1.06 bits per heavy atom. The lowest BCUT2D eigenvalue weighted by molar-refractivity contribution is -0.137. The van der Waals surface area contributed by atoms with Crippen molar-refractivity contribution in [2.45, 2.75) is 46.1 Å². The number of benzene rings is 2. The third-order valence-electron chi connectivity index (χ3n) is 5.68. The van der Waals surface area contributed by atoms with Gasteiger partial charge in [0.1, 0.15) is 0 Å². The molecule has 3 rings (SSSR count). The Morgan fingerprint density at radius 3 is 2.36 bits per heavy atom. The Balaban J connectivity index is 1.78. The predicted molar refractivity (Wildman–Crippen MR) is 125 cm³/mol. The van der Waals surface area contributed by atoms with E-state index in [0.29, 0.717) is 23.8 Å². The van der Waals surface area contributed by atoms with Crippen LogP contribution in [0, 0.1) is 5.92 Å². The van der Waals surface area contributed by atoms with Crippen LogP contribution in [0.15, 0.2) is 66.9 Å². The zero-order chi connectivity index (χ0) is 24.2. The van der Waals surface area contributed by atoms with E-state index in [0.717, 1.165) is 23.4 Å². The predicted octanol–water partition coefficient (Wildman–Crippen LogP) is 7.29. The van der Waals surface area contributed by atoms with Crippen molar-refractivity contribution in [3.8, 4) is 0 Å². The van der Waals surface area contributed by atoms with Gasteiger partial charge in [-0.1, -0.05) is 37.6 Å². The van der Waals surface area contributed by atoms with Crippen LogP contribution in [0.2, 0.25) is 5.02 Å². The summed E-state index contributed by atoms with van der Waals surface area (Å²) in [7, 11) is 0. The molecule has 0 aliphatic heterocycles. The van der Waals surface area contributed by atoms with E-state index < -0.39 is 11.7 Å². The SMILES string of the molecule is CC(C)C(C)N(Cc1cccn1Cc1cccc(Cl)c1)C(=O)Nc1ccc(C(F)(F)F)cc1. The number of hydrogen-bond acceptors (Lipinski definition) is 1. The second-order valence-electron chi connectivity index (χ2n) is 8.38. The van der Waals surface area contributed by atoms with Crippen LogP contribution >= 0.6 is 11.6 Å². The molecule has 0 saturated heterocycles. The van der Waals surface area contributed by atoms with Gasteiger partial charge in [-0.2, -0.15) is 13.2 Å². The van der Waals surface area contributed by atoms with E-state index in [1.807, 2.05) is 63.4 Å². The number of anilines is 1. The van der Waals surface area contributed by atoms with Crippen LogP contribution in [0.4, 0.5) is 23.7 Å². The molecule has 33 heavy (non-hydrogen) atoms. The van der Waals surface area contributed by atoms with E-state index in [1.165, 1.54) is 12.1 Å². The number of carbonyl (C=O) groups is 1. The molecule has 0 aliphatic rings. The lowest BCUT2D eigenvalue weighted by Crippen LogP contribution is -2.43. The van der Waals surface area contributed by atoms with Crippen LogP contribution in [-0.2, 0) is 19.3 Å². The van der Waals surface area contributed by atoms with Crippen LogP contribution < -0.4 is 5.32 Å². The van der Waals surface area contributed by atoms with Gasteiger partial charge in [0.2, 0.25) is 0 Å². The molecule has 8 heteroatoms. The molecule has 176 valence electrons. The van der Waals surface area contributed by atoms with E-state index in [-0.39, 0.29) is 18.0 Å². The summed E-state index contributed by atoms with van der Waals surface area (Å²) in [5.41, 5.74) is 1.53. The number of aromatic nitrogens is 1. The molecule has 1 heterocycles. The standard InChI is InChI=1S/C25H27ClF3N3O/c1-17(2)18(3)32(24(33)30-22-11-9-20(10-12-22)25(27,28)29)16-23-8-5-13-31(23)15-19-6-4-7-21(26)14-19/h4-14,17-18H,15-16H2,1-3H3,(H,30,33). The minimum atomic E-state index is -4.42. The number of rotatable bonds is 7. The fourth-order valence-corrected chi connectivity index (χ4v) is 3.67. The molecular weight excluding hydrogens is 451 g/mol. The third-order valence-corrected chi connectivity index (χ3v) is 5.91. The van der Waals surface area contributed by atoms with Gasteiger partial charge in [-0.15, -0.1) is 0 Å². The topological polar surface area (TPSA) is 37.3 Å². The zero-order valence-electron chi connectivity index (χ0n) is 18.7. The van der Waals surface area contributed by atoms with Crippen LogP contribution in [-0.4, -0.2) is 21.5 Å². The largest absolute Gasteiger partial charge is 0.416 e. The Kier molecular flexibility index (Phi) is 7.74. The molecule has 0 spiro atoms. The summed E-state index contributed by atoms with van der Waals surface area (Å²) >= 11 is 6.11.